The van der Waals surface area contributed by atoms with Crippen molar-refractivity contribution in [1.29, 1.82) is 0 Å². The number of nitrogens with two attached hydrogens (primary N) is 1. The van der Waals surface area contributed by atoms with Gasteiger partial charge in [-0.2, -0.15) is 0 Å². The number of aliphatic hydroxyl groups is 1. The van der Waals surface area contributed by atoms with Crippen molar-refractivity contribution < 1.29 is 39.8 Å². The van der Waals surface area contributed by atoms with Crippen LogP contribution in [0.25, 0.3) is 10.8 Å². The summed E-state index contributed by atoms with van der Waals surface area (Å²) in [6.07, 6.45) is -0.544. The number of carboxylic acid groups (broad SMARTS) is 2. The topological polar surface area (TPSA) is 153 Å². The van der Waals surface area contributed by atoms with E-state index in [2.05, 4.69) is 31.4 Å². The van der Waals surface area contributed by atoms with Crippen molar-refractivity contribution in [2.24, 2.45) is 0 Å². The minimum atomic E-state index is -2.07. The van der Waals surface area contributed by atoms with Crippen LogP contribution in [0.4, 0.5) is 5.69 Å². The van der Waals surface area contributed by atoms with Gasteiger partial charge in [-0.1, -0.05) is 24.3 Å². The molecule has 1 atom stereocenters. The number of ether oxygens (including phenoxy) is 1. The summed E-state index contributed by atoms with van der Waals surface area (Å²) in [6, 6.07) is 11.4. The van der Waals surface area contributed by atoms with Crippen molar-refractivity contribution in [2.45, 2.75) is 39.3 Å². The van der Waals surface area contributed by atoms with Gasteiger partial charge in [0.05, 0.1) is 5.54 Å². The van der Waals surface area contributed by atoms with E-state index in [4.69, 9.17) is 24.5 Å². The number of carbonyl (C=O) groups is 3. The standard InChI is InChI=1S/C19H26N2O3.C2H2O4/c1-13(22)21-17-9-5-8-16-15(17)7-6-10-18(16)24-12-14(23)11-20-19(2,3)4;3-1(4)2(5)6/h5-10,14,20,23H,11-12H2,1-4H3,(H,21,22);(H,3,4)(H,5,6). The van der Waals surface area contributed by atoms with E-state index in [0.29, 0.717) is 12.3 Å². The maximum atomic E-state index is 11.3. The van der Waals surface area contributed by atoms with Crippen molar-refractivity contribution in [3.8, 4) is 5.75 Å². The lowest BCUT2D eigenvalue weighted by atomic mass is 10.1. The number of nitrogens with one attached hydrogen (secondary N) is 1. The first-order valence-corrected chi connectivity index (χ1v) is 9.29. The average molecular weight is 420 g/mol. The van der Waals surface area contributed by atoms with E-state index >= 15 is 0 Å². The number of hydrogen-bond acceptors (Lipinski definition) is 6. The lowest BCUT2D eigenvalue weighted by Crippen LogP contribution is -2.96. The van der Waals surface area contributed by atoms with Crippen LogP contribution in [-0.2, 0) is 14.4 Å². The highest BCUT2D eigenvalue weighted by atomic mass is 16.5. The number of quaternary nitrogens is 1. The first-order valence-electron chi connectivity index (χ1n) is 9.29. The van der Waals surface area contributed by atoms with E-state index in [-0.39, 0.29) is 18.1 Å². The number of amides is 1. The number of hydrogen-bond donors (Lipinski definition) is 4. The largest absolute Gasteiger partial charge is 0.539 e. The molecular weight excluding hydrogens is 392 g/mol. The molecule has 0 aromatic heterocycles. The molecule has 5 N–H and O–H groups in total. The van der Waals surface area contributed by atoms with Crippen molar-refractivity contribution in [3.63, 3.8) is 0 Å². The number of aliphatic carboxylic acids is 2. The number of aliphatic hydroxyl groups excluding tert-OH is 1. The molecule has 164 valence electrons. The van der Waals surface area contributed by atoms with Gasteiger partial charge >= 0.3 is 5.97 Å². The zero-order valence-corrected chi connectivity index (χ0v) is 17.5. The van der Waals surface area contributed by atoms with Gasteiger partial charge in [0, 0.05) is 23.4 Å². The Morgan fingerprint density at radius 1 is 1.13 bits per heavy atom. The summed E-state index contributed by atoms with van der Waals surface area (Å²) in [4.78, 5) is 29.4. The fourth-order valence-electron chi connectivity index (χ4n) is 2.45. The van der Waals surface area contributed by atoms with Gasteiger partial charge in [-0.3, -0.25) is 4.79 Å². The molecular formula is C21H28N2O7. The molecule has 2 aromatic rings. The van der Waals surface area contributed by atoms with Crippen molar-refractivity contribution in [2.75, 3.05) is 18.5 Å². The third-order valence-electron chi connectivity index (χ3n) is 3.80. The van der Waals surface area contributed by atoms with Crippen LogP contribution in [0.5, 0.6) is 5.75 Å². The molecule has 2 rings (SSSR count). The lowest BCUT2D eigenvalue weighted by molar-refractivity contribution is -0.722. The predicted molar refractivity (Wildman–Crippen MR) is 109 cm³/mol. The number of carbonyl (C=O) groups excluding carboxylic acids is 2. The third kappa shape index (κ3) is 8.89. The molecule has 0 fully saturated rings. The van der Waals surface area contributed by atoms with Crippen molar-refractivity contribution >= 4 is 34.3 Å². The average Bonchev–Trinajstić information content (AvgIpc) is 2.64. The molecule has 0 heterocycles. The molecule has 1 amide bonds. The molecule has 0 aliphatic heterocycles. The first-order chi connectivity index (χ1) is 13.9. The Morgan fingerprint density at radius 2 is 1.70 bits per heavy atom. The summed E-state index contributed by atoms with van der Waals surface area (Å²) in [7, 11) is 0. The fourth-order valence-corrected chi connectivity index (χ4v) is 2.45. The van der Waals surface area contributed by atoms with Gasteiger partial charge in [-0.25, -0.2) is 4.79 Å². The van der Waals surface area contributed by atoms with Gasteiger partial charge in [0.1, 0.15) is 25.0 Å². The molecule has 0 saturated carbocycles. The van der Waals surface area contributed by atoms with E-state index in [1.807, 2.05) is 36.4 Å². The van der Waals surface area contributed by atoms with Crippen LogP contribution in [0.1, 0.15) is 27.7 Å². The summed E-state index contributed by atoms with van der Waals surface area (Å²) in [5.41, 5.74) is 0.834. The number of carboxylic acids is 2. The minimum Gasteiger partial charge on any atom is -0.539 e. The second-order valence-electron chi connectivity index (χ2n) is 7.70. The van der Waals surface area contributed by atoms with Crippen LogP contribution in [0, 0.1) is 0 Å². The van der Waals surface area contributed by atoms with Gasteiger partial charge in [-0.05, 0) is 32.9 Å². The molecule has 0 bridgehead atoms. The Bertz CT molecular complexity index is 879. The molecule has 1 unspecified atom stereocenters. The van der Waals surface area contributed by atoms with E-state index in [0.717, 1.165) is 16.5 Å². The van der Waals surface area contributed by atoms with Crippen LogP contribution < -0.4 is 20.5 Å². The van der Waals surface area contributed by atoms with Crippen LogP contribution >= 0.6 is 0 Å². The molecule has 2 aromatic carbocycles. The SMILES string of the molecule is CC(=O)Nc1cccc2c(OCC(O)C[NH2+]C(C)(C)C)cccc12.O=C([O-])C(=O)O. The Labute approximate surface area is 174 Å². The van der Waals surface area contributed by atoms with Crippen LogP contribution in [0.3, 0.4) is 0 Å². The number of fused-ring (bicyclic) bond motifs is 1. The molecule has 0 aliphatic rings. The number of anilines is 1. The van der Waals surface area contributed by atoms with Crippen LogP contribution in [-0.4, -0.2) is 52.9 Å². The number of benzene rings is 2. The predicted octanol–water partition coefficient (Wildman–Crippen LogP) is -0.279. The summed E-state index contributed by atoms with van der Waals surface area (Å²) >= 11 is 0. The Kier molecular flexibility index (Phi) is 9.22. The minimum absolute atomic E-state index is 0.0771. The zero-order valence-electron chi connectivity index (χ0n) is 17.5. The van der Waals surface area contributed by atoms with Gasteiger partial charge in [0.15, 0.2) is 5.97 Å². The molecule has 9 heteroatoms. The molecule has 0 saturated heterocycles. The highest BCUT2D eigenvalue weighted by Crippen LogP contribution is 2.30. The van der Waals surface area contributed by atoms with Gasteiger partial charge in [-0.15, -0.1) is 0 Å². The van der Waals surface area contributed by atoms with E-state index in [1.54, 1.807) is 0 Å². The summed E-state index contributed by atoms with van der Waals surface area (Å²) in [5, 5.41) is 33.2. The first kappa shape index (κ1) is 24.9. The zero-order chi connectivity index (χ0) is 22.9. The van der Waals surface area contributed by atoms with E-state index < -0.39 is 18.0 Å². The number of rotatable bonds is 6. The molecule has 30 heavy (non-hydrogen) atoms. The van der Waals surface area contributed by atoms with Crippen molar-refractivity contribution in [3.05, 3.63) is 36.4 Å². The van der Waals surface area contributed by atoms with E-state index in [1.165, 1.54) is 6.92 Å². The van der Waals surface area contributed by atoms with Crippen molar-refractivity contribution in [1.82, 2.24) is 0 Å². The Morgan fingerprint density at radius 3 is 2.23 bits per heavy atom. The summed E-state index contributed by atoms with van der Waals surface area (Å²) in [6.45, 7) is 8.63. The monoisotopic (exact) mass is 420 g/mol. The van der Waals surface area contributed by atoms with Crippen LogP contribution in [0.2, 0.25) is 0 Å². The quantitative estimate of drug-likeness (QED) is 0.469. The maximum absolute atomic E-state index is 11.3. The smallest absolute Gasteiger partial charge is 0.351 e. The molecule has 0 aliphatic carbocycles. The Hall–Kier alpha value is -3.17. The van der Waals surface area contributed by atoms with Gasteiger partial charge in [0.2, 0.25) is 5.91 Å². The van der Waals surface area contributed by atoms with Gasteiger partial charge in [0.25, 0.3) is 0 Å². The van der Waals surface area contributed by atoms with Crippen LogP contribution in [0.15, 0.2) is 36.4 Å². The second-order valence-corrected chi connectivity index (χ2v) is 7.70. The lowest BCUT2D eigenvalue weighted by Gasteiger charge is -2.20. The highest BCUT2D eigenvalue weighted by molar-refractivity contribution is 6.26. The summed E-state index contributed by atoms with van der Waals surface area (Å²) in [5.74, 6) is -3.42. The van der Waals surface area contributed by atoms with Gasteiger partial charge < -0.3 is 35.5 Å². The normalized spacial score (nSPS) is 11.8. The summed E-state index contributed by atoms with van der Waals surface area (Å²) < 4.78 is 5.82. The highest BCUT2D eigenvalue weighted by Gasteiger charge is 2.17. The molecule has 0 radical (unpaired) electrons. The van der Waals surface area contributed by atoms with E-state index in [9.17, 15) is 9.90 Å². The Balaban J connectivity index is 0.000000656. The third-order valence-corrected chi connectivity index (χ3v) is 3.80. The molecule has 0 spiro atoms. The second kappa shape index (κ2) is 11.1. The molecule has 9 nitrogen and oxygen atoms in total. The maximum Gasteiger partial charge on any atom is 0.351 e. The fraction of sp³-hybridized carbons (Fsp3) is 0.381.